The summed E-state index contributed by atoms with van der Waals surface area (Å²) in [5.74, 6) is 1.30. The second-order valence-electron chi connectivity index (χ2n) is 4.30. The minimum absolute atomic E-state index is 0.0203. The molecule has 1 aromatic heterocycles. The Hall–Kier alpha value is -1.12. The van der Waals surface area contributed by atoms with E-state index in [2.05, 4.69) is 19.0 Å². The zero-order chi connectivity index (χ0) is 10.3. The molecule has 1 fully saturated rings. The predicted molar refractivity (Wildman–Crippen MR) is 52.6 cm³/mol. The smallest absolute Gasteiger partial charge is 0.205 e. The maximum absolute atomic E-state index is 11.3. The first-order valence-electron chi connectivity index (χ1n) is 5.11. The summed E-state index contributed by atoms with van der Waals surface area (Å²) in [4.78, 5) is 11.3. The van der Waals surface area contributed by atoms with Gasteiger partial charge < -0.3 is 4.52 Å². The Morgan fingerprint density at radius 2 is 2.14 bits per heavy atom. The van der Waals surface area contributed by atoms with E-state index in [0.29, 0.717) is 17.6 Å². The van der Waals surface area contributed by atoms with Crippen molar-refractivity contribution in [2.45, 2.75) is 45.4 Å². The average Bonchev–Trinajstić information content (AvgIpc) is 2.83. The summed E-state index contributed by atoms with van der Waals surface area (Å²) in [6.45, 7) is 5.68. The fourth-order valence-corrected chi connectivity index (χ4v) is 1.77. The predicted octanol–water partition coefficient (Wildman–Crippen LogP) is 2.88. The molecule has 0 bridgehead atoms. The monoisotopic (exact) mass is 193 g/mol. The number of hydrogen-bond donors (Lipinski definition) is 0. The maximum atomic E-state index is 11.3. The lowest BCUT2D eigenvalue weighted by molar-refractivity contribution is 0.0976. The Balaban J connectivity index is 2.46. The molecule has 0 aliphatic heterocycles. The van der Waals surface area contributed by atoms with E-state index in [0.717, 1.165) is 11.3 Å². The van der Waals surface area contributed by atoms with Crippen LogP contribution in [0, 0.1) is 0 Å². The lowest BCUT2D eigenvalue weighted by Gasteiger charge is -2.04. The number of nitrogens with zero attached hydrogens (tertiary/aromatic N) is 1. The van der Waals surface area contributed by atoms with Crippen LogP contribution in [0.2, 0.25) is 0 Å². The van der Waals surface area contributed by atoms with Crippen LogP contribution in [0.3, 0.4) is 0 Å². The number of Topliss-reactive ketones (excluding diaryl/α,β-unsaturated/α-hetero) is 1. The number of hydrogen-bond acceptors (Lipinski definition) is 3. The van der Waals surface area contributed by atoms with Gasteiger partial charge in [0.15, 0.2) is 5.78 Å². The molecule has 2 rings (SSSR count). The Morgan fingerprint density at radius 1 is 1.50 bits per heavy atom. The van der Waals surface area contributed by atoms with E-state index in [-0.39, 0.29) is 5.78 Å². The first-order valence-corrected chi connectivity index (χ1v) is 5.11. The van der Waals surface area contributed by atoms with E-state index in [1.807, 2.05) is 0 Å². The highest BCUT2D eigenvalue weighted by molar-refractivity contribution is 5.93. The van der Waals surface area contributed by atoms with Crippen molar-refractivity contribution < 1.29 is 9.32 Å². The molecule has 1 aliphatic carbocycles. The average molecular weight is 193 g/mol. The highest BCUT2D eigenvalue weighted by atomic mass is 16.5. The zero-order valence-corrected chi connectivity index (χ0v) is 8.83. The van der Waals surface area contributed by atoms with Gasteiger partial charge in [0.25, 0.3) is 0 Å². The largest absolute Gasteiger partial charge is 0.353 e. The maximum Gasteiger partial charge on any atom is 0.205 e. The van der Waals surface area contributed by atoms with Gasteiger partial charge in [-0.1, -0.05) is 19.0 Å². The molecule has 0 aromatic carbocycles. The SMILES string of the molecule is CC(=O)c1onc(C2CC2)c1C(C)C. The number of ketones is 1. The van der Waals surface area contributed by atoms with Crippen molar-refractivity contribution in [3.8, 4) is 0 Å². The van der Waals surface area contributed by atoms with Crippen LogP contribution in [-0.4, -0.2) is 10.9 Å². The Labute approximate surface area is 83.5 Å². The van der Waals surface area contributed by atoms with Crippen LogP contribution in [-0.2, 0) is 0 Å². The van der Waals surface area contributed by atoms with E-state index in [4.69, 9.17) is 4.52 Å². The molecule has 0 atom stereocenters. The van der Waals surface area contributed by atoms with E-state index in [1.165, 1.54) is 19.8 Å². The van der Waals surface area contributed by atoms with Gasteiger partial charge in [-0.25, -0.2) is 0 Å². The standard InChI is InChI=1S/C11H15NO2/c1-6(2)9-10(8-4-5-8)12-14-11(9)7(3)13/h6,8H,4-5H2,1-3H3. The third-order valence-electron chi connectivity index (χ3n) is 2.62. The molecule has 0 amide bonds. The van der Waals surface area contributed by atoms with Gasteiger partial charge in [-0.05, 0) is 18.8 Å². The lowest BCUT2D eigenvalue weighted by Crippen LogP contribution is -2.00. The van der Waals surface area contributed by atoms with E-state index in [1.54, 1.807) is 0 Å². The van der Waals surface area contributed by atoms with Crippen LogP contribution in [0.25, 0.3) is 0 Å². The van der Waals surface area contributed by atoms with Crippen LogP contribution in [0.1, 0.15) is 67.3 Å². The van der Waals surface area contributed by atoms with Gasteiger partial charge in [-0.3, -0.25) is 4.79 Å². The number of aromatic nitrogens is 1. The minimum atomic E-state index is -0.0203. The molecular weight excluding hydrogens is 178 g/mol. The third kappa shape index (κ3) is 1.47. The number of rotatable bonds is 3. The van der Waals surface area contributed by atoms with Crippen molar-refractivity contribution in [2.24, 2.45) is 0 Å². The van der Waals surface area contributed by atoms with Crippen molar-refractivity contribution in [2.75, 3.05) is 0 Å². The molecule has 76 valence electrons. The molecule has 0 spiro atoms. The molecule has 0 unspecified atom stereocenters. The fraction of sp³-hybridized carbons (Fsp3) is 0.636. The molecule has 0 N–H and O–H groups in total. The summed E-state index contributed by atoms with van der Waals surface area (Å²) < 4.78 is 5.12. The molecule has 0 radical (unpaired) electrons. The number of carbonyl (C=O) groups excluding carboxylic acids is 1. The molecule has 3 heteroatoms. The van der Waals surface area contributed by atoms with Gasteiger partial charge in [-0.15, -0.1) is 0 Å². The molecule has 3 nitrogen and oxygen atoms in total. The van der Waals surface area contributed by atoms with Crippen molar-refractivity contribution in [1.29, 1.82) is 0 Å². The lowest BCUT2D eigenvalue weighted by atomic mass is 9.97. The summed E-state index contributed by atoms with van der Waals surface area (Å²) in [5.41, 5.74) is 2.05. The van der Waals surface area contributed by atoms with Crippen molar-refractivity contribution in [1.82, 2.24) is 5.16 Å². The Kier molecular flexibility index (Phi) is 2.17. The second-order valence-corrected chi connectivity index (χ2v) is 4.30. The number of carbonyl (C=O) groups is 1. The highest BCUT2D eigenvalue weighted by Crippen LogP contribution is 2.43. The fourth-order valence-electron chi connectivity index (χ4n) is 1.77. The van der Waals surface area contributed by atoms with Crippen LogP contribution in [0.5, 0.6) is 0 Å². The molecule has 1 aromatic rings. The normalized spacial score (nSPS) is 16.3. The van der Waals surface area contributed by atoms with Crippen molar-refractivity contribution in [3.05, 3.63) is 17.0 Å². The zero-order valence-electron chi connectivity index (χ0n) is 8.83. The molecule has 14 heavy (non-hydrogen) atoms. The Morgan fingerprint density at radius 3 is 2.57 bits per heavy atom. The molecular formula is C11H15NO2. The summed E-state index contributed by atoms with van der Waals surface area (Å²) in [5, 5.41) is 4.02. The first kappa shape index (κ1) is 9.44. The van der Waals surface area contributed by atoms with Crippen LogP contribution in [0.15, 0.2) is 4.52 Å². The summed E-state index contributed by atoms with van der Waals surface area (Å²) in [7, 11) is 0. The summed E-state index contributed by atoms with van der Waals surface area (Å²) >= 11 is 0. The van der Waals surface area contributed by atoms with Gasteiger partial charge >= 0.3 is 0 Å². The Bertz CT molecular complexity index is 361. The quantitative estimate of drug-likeness (QED) is 0.693. The van der Waals surface area contributed by atoms with Gasteiger partial charge in [0.1, 0.15) is 0 Å². The molecule has 1 aliphatic rings. The second kappa shape index (κ2) is 3.23. The van der Waals surface area contributed by atoms with Crippen LogP contribution < -0.4 is 0 Å². The van der Waals surface area contributed by atoms with Crippen molar-refractivity contribution in [3.63, 3.8) is 0 Å². The van der Waals surface area contributed by atoms with Gasteiger partial charge in [0.2, 0.25) is 5.76 Å². The van der Waals surface area contributed by atoms with Gasteiger partial charge in [-0.2, -0.15) is 0 Å². The summed E-state index contributed by atoms with van der Waals surface area (Å²) in [6.07, 6.45) is 2.37. The third-order valence-corrected chi connectivity index (χ3v) is 2.62. The van der Waals surface area contributed by atoms with E-state index >= 15 is 0 Å². The topological polar surface area (TPSA) is 43.1 Å². The highest BCUT2D eigenvalue weighted by Gasteiger charge is 2.33. The molecule has 1 heterocycles. The molecule has 1 saturated carbocycles. The van der Waals surface area contributed by atoms with E-state index < -0.39 is 0 Å². The summed E-state index contributed by atoms with van der Waals surface area (Å²) in [6, 6.07) is 0. The first-order chi connectivity index (χ1) is 6.61. The van der Waals surface area contributed by atoms with Gasteiger partial charge in [0.05, 0.1) is 5.69 Å². The van der Waals surface area contributed by atoms with E-state index in [9.17, 15) is 4.79 Å². The van der Waals surface area contributed by atoms with Crippen LogP contribution in [0.4, 0.5) is 0 Å². The molecule has 0 saturated heterocycles. The van der Waals surface area contributed by atoms with Crippen molar-refractivity contribution >= 4 is 5.78 Å². The minimum Gasteiger partial charge on any atom is -0.353 e. The van der Waals surface area contributed by atoms with Gasteiger partial charge in [0, 0.05) is 18.4 Å². The van der Waals surface area contributed by atoms with Crippen LogP contribution >= 0.6 is 0 Å².